The predicted octanol–water partition coefficient (Wildman–Crippen LogP) is 2.96. The smallest absolute Gasteiger partial charge is 0.339 e. The first-order valence-corrected chi connectivity index (χ1v) is 8.77. The minimum absolute atomic E-state index is 0.358. The molecule has 1 N–H and O–H groups in total. The minimum atomic E-state index is -0.852. The van der Waals surface area contributed by atoms with E-state index in [4.69, 9.17) is 4.74 Å². The Bertz CT molecular complexity index is 1010. The van der Waals surface area contributed by atoms with Gasteiger partial charge in [-0.3, -0.25) is 4.79 Å². The molecule has 0 fully saturated rings. The summed E-state index contributed by atoms with van der Waals surface area (Å²) in [6.45, 7) is 2.57. The van der Waals surface area contributed by atoms with Crippen LogP contribution in [0, 0.1) is 6.92 Å². The first-order chi connectivity index (χ1) is 13.1. The Kier molecular flexibility index (Phi) is 4.46. The highest BCUT2D eigenvalue weighted by atomic mass is 16.5. The molecule has 6 heteroatoms. The van der Waals surface area contributed by atoms with E-state index in [2.05, 4.69) is 16.5 Å². The average Bonchev–Trinajstić information content (AvgIpc) is 3.08. The summed E-state index contributed by atoms with van der Waals surface area (Å²) in [6.07, 6.45) is 1.14. The molecule has 1 aliphatic rings. The second kappa shape index (κ2) is 7.07. The molecule has 0 saturated heterocycles. The number of carbonyl (C=O) groups excluding carboxylic acids is 2. The molecule has 1 aliphatic heterocycles. The van der Waals surface area contributed by atoms with Crippen LogP contribution in [0.1, 0.15) is 27.0 Å². The molecular formula is C21H19N3O3. The maximum atomic E-state index is 12.7. The van der Waals surface area contributed by atoms with E-state index in [0.29, 0.717) is 24.3 Å². The molecular weight excluding hydrogens is 342 g/mol. The van der Waals surface area contributed by atoms with Crippen molar-refractivity contribution in [3.63, 3.8) is 0 Å². The zero-order chi connectivity index (χ0) is 18.8. The van der Waals surface area contributed by atoms with Crippen molar-refractivity contribution in [2.45, 2.75) is 26.0 Å². The van der Waals surface area contributed by atoms with Gasteiger partial charge in [0.15, 0.2) is 6.10 Å². The highest BCUT2D eigenvalue weighted by Crippen LogP contribution is 2.21. The molecule has 2 aromatic carbocycles. The van der Waals surface area contributed by atoms with Gasteiger partial charge in [-0.1, -0.05) is 48.0 Å². The number of hydrogen-bond donors (Lipinski definition) is 1. The number of aryl methyl sites for hydroxylation is 1. The highest BCUT2D eigenvalue weighted by molar-refractivity contribution is 5.99. The van der Waals surface area contributed by atoms with Crippen LogP contribution in [-0.2, 0) is 22.5 Å². The lowest BCUT2D eigenvalue weighted by atomic mass is 9.98. The number of anilines is 1. The van der Waals surface area contributed by atoms with Crippen molar-refractivity contribution in [1.82, 2.24) is 9.78 Å². The van der Waals surface area contributed by atoms with Gasteiger partial charge in [0.05, 0.1) is 18.3 Å². The summed E-state index contributed by atoms with van der Waals surface area (Å²) < 4.78 is 7.03. The molecule has 1 atom stereocenters. The zero-order valence-electron chi connectivity index (χ0n) is 14.9. The zero-order valence-corrected chi connectivity index (χ0v) is 14.9. The van der Waals surface area contributed by atoms with Crippen LogP contribution in [0.25, 0.3) is 0 Å². The molecule has 1 unspecified atom stereocenters. The van der Waals surface area contributed by atoms with Gasteiger partial charge in [0, 0.05) is 12.5 Å². The Morgan fingerprint density at radius 1 is 1.22 bits per heavy atom. The first kappa shape index (κ1) is 17.0. The number of aromatic nitrogens is 2. The number of fused-ring (bicyclic) bond motifs is 1. The lowest BCUT2D eigenvalue weighted by Crippen LogP contribution is -2.38. The molecule has 3 aromatic rings. The number of amides is 1. The van der Waals surface area contributed by atoms with Crippen LogP contribution in [0.5, 0.6) is 0 Å². The van der Waals surface area contributed by atoms with Crippen molar-refractivity contribution in [3.05, 3.63) is 83.0 Å². The maximum Gasteiger partial charge on any atom is 0.339 e. The van der Waals surface area contributed by atoms with Gasteiger partial charge in [-0.15, -0.1) is 0 Å². The van der Waals surface area contributed by atoms with Crippen LogP contribution in [0.15, 0.2) is 60.8 Å². The van der Waals surface area contributed by atoms with E-state index >= 15 is 0 Å². The summed E-state index contributed by atoms with van der Waals surface area (Å²) in [6, 6.07) is 17.0. The van der Waals surface area contributed by atoms with Gasteiger partial charge >= 0.3 is 5.97 Å². The molecule has 0 radical (unpaired) electrons. The number of cyclic esters (lactones) is 1. The van der Waals surface area contributed by atoms with E-state index in [1.165, 1.54) is 0 Å². The average molecular weight is 361 g/mol. The van der Waals surface area contributed by atoms with Crippen LogP contribution >= 0.6 is 0 Å². The SMILES string of the molecule is Cc1cccc(Cn2nccc2NC(=O)C2Cc3ccccc3C(=O)O2)c1. The summed E-state index contributed by atoms with van der Waals surface area (Å²) in [5, 5.41) is 7.12. The van der Waals surface area contributed by atoms with Gasteiger partial charge in [0.2, 0.25) is 0 Å². The fourth-order valence-corrected chi connectivity index (χ4v) is 3.23. The number of nitrogens with one attached hydrogen (secondary N) is 1. The van der Waals surface area contributed by atoms with E-state index in [1.807, 2.05) is 37.3 Å². The van der Waals surface area contributed by atoms with E-state index in [1.54, 1.807) is 29.1 Å². The number of benzene rings is 2. The number of carbonyl (C=O) groups is 2. The van der Waals surface area contributed by atoms with Gasteiger partial charge in [0.25, 0.3) is 5.91 Å². The second-order valence-corrected chi connectivity index (χ2v) is 6.61. The van der Waals surface area contributed by atoms with E-state index < -0.39 is 12.1 Å². The maximum absolute atomic E-state index is 12.7. The predicted molar refractivity (Wildman–Crippen MR) is 100 cm³/mol. The minimum Gasteiger partial charge on any atom is -0.448 e. The molecule has 0 spiro atoms. The van der Waals surface area contributed by atoms with Gasteiger partial charge in [-0.25, -0.2) is 9.48 Å². The summed E-state index contributed by atoms with van der Waals surface area (Å²) in [5.41, 5.74) is 3.60. The summed E-state index contributed by atoms with van der Waals surface area (Å²) >= 11 is 0. The summed E-state index contributed by atoms with van der Waals surface area (Å²) in [7, 11) is 0. The normalized spacial score (nSPS) is 15.7. The van der Waals surface area contributed by atoms with Crippen LogP contribution < -0.4 is 5.32 Å². The Balaban J connectivity index is 1.48. The molecule has 1 aromatic heterocycles. The standard InChI is InChI=1S/C21H19N3O3/c1-14-5-4-6-15(11-14)13-24-19(9-10-22-24)23-20(25)18-12-16-7-2-3-8-17(16)21(26)27-18/h2-11,18H,12-13H2,1H3,(H,23,25). The molecule has 0 aliphatic carbocycles. The van der Waals surface area contributed by atoms with E-state index in [9.17, 15) is 9.59 Å². The molecule has 1 amide bonds. The Hall–Kier alpha value is -3.41. The van der Waals surface area contributed by atoms with Crippen molar-refractivity contribution in [2.75, 3.05) is 5.32 Å². The first-order valence-electron chi connectivity index (χ1n) is 8.77. The highest BCUT2D eigenvalue weighted by Gasteiger charge is 2.31. The lowest BCUT2D eigenvalue weighted by Gasteiger charge is -2.23. The van der Waals surface area contributed by atoms with Crippen molar-refractivity contribution >= 4 is 17.7 Å². The third kappa shape index (κ3) is 3.60. The van der Waals surface area contributed by atoms with Crippen molar-refractivity contribution in [2.24, 2.45) is 0 Å². The van der Waals surface area contributed by atoms with E-state index in [0.717, 1.165) is 16.7 Å². The number of ether oxygens (including phenoxy) is 1. The fraction of sp³-hybridized carbons (Fsp3) is 0.190. The molecule has 0 saturated carbocycles. The number of rotatable bonds is 4. The third-order valence-electron chi connectivity index (χ3n) is 4.57. The van der Waals surface area contributed by atoms with E-state index in [-0.39, 0.29) is 5.91 Å². The van der Waals surface area contributed by atoms with Crippen molar-refractivity contribution in [3.8, 4) is 0 Å². The summed E-state index contributed by atoms with van der Waals surface area (Å²) in [5.74, 6) is -0.259. The van der Waals surface area contributed by atoms with Gasteiger partial charge in [-0.05, 0) is 24.1 Å². The van der Waals surface area contributed by atoms with Gasteiger partial charge in [-0.2, -0.15) is 5.10 Å². The third-order valence-corrected chi connectivity index (χ3v) is 4.57. The summed E-state index contributed by atoms with van der Waals surface area (Å²) in [4.78, 5) is 24.8. The monoisotopic (exact) mass is 361 g/mol. The van der Waals surface area contributed by atoms with Gasteiger partial charge < -0.3 is 10.1 Å². The van der Waals surface area contributed by atoms with Gasteiger partial charge in [0.1, 0.15) is 5.82 Å². The van der Waals surface area contributed by atoms with Crippen LogP contribution in [0.4, 0.5) is 5.82 Å². The number of esters is 1. The van der Waals surface area contributed by atoms with Crippen molar-refractivity contribution in [1.29, 1.82) is 0 Å². The number of nitrogens with zero attached hydrogens (tertiary/aromatic N) is 2. The Labute approximate surface area is 156 Å². The fourth-order valence-electron chi connectivity index (χ4n) is 3.23. The van der Waals surface area contributed by atoms with Crippen LogP contribution in [0.2, 0.25) is 0 Å². The lowest BCUT2D eigenvalue weighted by molar-refractivity contribution is -0.125. The quantitative estimate of drug-likeness (QED) is 0.725. The van der Waals surface area contributed by atoms with Crippen LogP contribution in [-0.4, -0.2) is 27.8 Å². The largest absolute Gasteiger partial charge is 0.448 e. The topological polar surface area (TPSA) is 73.2 Å². The van der Waals surface area contributed by atoms with Crippen molar-refractivity contribution < 1.29 is 14.3 Å². The Morgan fingerprint density at radius 3 is 2.93 bits per heavy atom. The molecule has 2 heterocycles. The molecule has 27 heavy (non-hydrogen) atoms. The molecule has 136 valence electrons. The Morgan fingerprint density at radius 2 is 2.07 bits per heavy atom. The number of hydrogen-bond acceptors (Lipinski definition) is 4. The molecule has 6 nitrogen and oxygen atoms in total. The molecule has 4 rings (SSSR count). The van der Waals surface area contributed by atoms with Crippen LogP contribution in [0.3, 0.4) is 0 Å². The second-order valence-electron chi connectivity index (χ2n) is 6.61. The molecule has 0 bridgehead atoms.